The van der Waals surface area contributed by atoms with Gasteiger partial charge in [-0.1, -0.05) is 74.5 Å². The minimum atomic E-state index is -0.154. The van der Waals surface area contributed by atoms with Gasteiger partial charge in [-0.2, -0.15) is 4.58 Å². The predicted molar refractivity (Wildman–Crippen MR) is 172 cm³/mol. The Morgan fingerprint density at radius 2 is 1.37 bits per heavy atom. The molecule has 2 heterocycles. The lowest BCUT2D eigenvalue weighted by molar-refractivity contribution is -0.441. The molecule has 0 aliphatic carbocycles. The third-order valence-corrected chi connectivity index (χ3v) is 9.05. The number of fused-ring (bicyclic) bond motifs is 6. The average Bonchev–Trinajstić information content (AvgIpc) is 3.33. The molecule has 0 saturated carbocycles. The molecule has 41 heavy (non-hydrogen) atoms. The highest BCUT2D eigenvalue weighted by Gasteiger charge is 2.45. The highest BCUT2D eigenvalue weighted by atomic mass is 16.5. The van der Waals surface area contributed by atoms with Crippen LogP contribution < -0.4 is 4.90 Å². The normalized spacial score (nSPS) is 18.3. The molecule has 4 heteroatoms. The Morgan fingerprint density at radius 3 is 2.05 bits per heavy atom. The Kier molecular flexibility index (Phi) is 7.09. The minimum Gasteiger partial charge on any atom is -0.383 e. The van der Waals surface area contributed by atoms with Gasteiger partial charge in [0.2, 0.25) is 5.69 Å². The predicted octanol–water partition coefficient (Wildman–Crippen LogP) is 7.90. The number of hydrogen-bond donors (Lipinski definition) is 0. The van der Waals surface area contributed by atoms with Crippen LogP contribution in [0, 0.1) is 0 Å². The van der Waals surface area contributed by atoms with Crippen LogP contribution in [0.3, 0.4) is 0 Å². The first-order valence-corrected chi connectivity index (χ1v) is 14.6. The molecule has 0 atom stereocenters. The molecule has 0 N–H and O–H groups in total. The lowest BCUT2D eigenvalue weighted by atomic mass is 9.79. The summed E-state index contributed by atoms with van der Waals surface area (Å²) in [6, 6.07) is 26.5. The minimum absolute atomic E-state index is 0.154. The molecular weight excluding hydrogens is 504 g/mol. The Bertz CT molecular complexity index is 1720. The highest BCUT2D eigenvalue weighted by Crippen LogP contribution is 2.51. The Hall–Kier alpha value is -3.73. The number of rotatable bonds is 8. The summed E-state index contributed by atoms with van der Waals surface area (Å²) >= 11 is 0. The van der Waals surface area contributed by atoms with Crippen LogP contribution in [0.2, 0.25) is 0 Å². The summed E-state index contributed by atoms with van der Waals surface area (Å²) in [5, 5.41) is 5.21. The first kappa shape index (κ1) is 27.4. The molecule has 4 aromatic rings. The molecular formula is C37H41N2O2+. The van der Waals surface area contributed by atoms with Crippen molar-refractivity contribution in [2.24, 2.45) is 0 Å². The van der Waals surface area contributed by atoms with E-state index in [-0.39, 0.29) is 10.8 Å². The van der Waals surface area contributed by atoms with Crippen molar-refractivity contribution in [3.63, 3.8) is 0 Å². The first-order valence-electron chi connectivity index (χ1n) is 14.6. The second kappa shape index (κ2) is 10.6. The van der Waals surface area contributed by atoms with E-state index in [2.05, 4.69) is 128 Å². The molecule has 0 bridgehead atoms. The van der Waals surface area contributed by atoms with E-state index in [0.717, 1.165) is 13.1 Å². The summed E-state index contributed by atoms with van der Waals surface area (Å²) < 4.78 is 13.5. The number of benzene rings is 4. The van der Waals surface area contributed by atoms with Gasteiger partial charge in [0, 0.05) is 55.3 Å². The van der Waals surface area contributed by atoms with E-state index < -0.39 is 0 Å². The molecule has 0 amide bonds. The van der Waals surface area contributed by atoms with Gasteiger partial charge in [-0.05, 0) is 59.2 Å². The van der Waals surface area contributed by atoms with E-state index in [0.29, 0.717) is 13.2 Å². The second-order valence-corrected chi connectivity index (χ2v) is 12.2. The lowest BCUT2D eigenvalue weighted by Gasteiger charge is -2.27. The van der Waals surface area contributed by atoms with Gasteiger partial charge in [0.25, 0.3) is 0 Å². The topological polar surface area (TPSA) is 24.7 Å². The zero-order valence-corrected chi connectivity index (χ0v) is 25.2. The van der Waals surface area contributed by atoms with Gasteiger partial charge in [0.05, 0.1) is 12.0 Å². The van der Waals surface area contributed by atoms with Crippen LogP contribution >= 0.6 is 0 Å². The van der Waals surface area contributed by atoms with Crippen LogP contribution in [-0.4, -0.2) is 50.8 Å². The van der Waals surface area contributed by atoms with Crippen LogP contribution in [0.1, 0.15) is 38.8 Å². The Morgan fingerprint density at radius 1 is 0.732 bits per heavy atom. The first-order chi connectivity index (χ1) is 19.8. The van der Waals surface area contributed by atoms with Crippen molar-refractivity contribution >= 4 is 38.6 Å². The van der Waals surface area contributed by atoms with Gasteiger partial charge < -0.3 is 14.4 Å². The molecule has 0 aromatic heterocycles. The van der Waals surface area contributed by atoms with Crippen molar-refractivity contribution in [3.05, 3.63) is 108 Å². The summed E-state index contributed by atoms with van der Waals surface area (Å²) in [6.07, 6.45) is 6.90. The maximum Gasteiger partial charge on any atom is 0.210 e. The van der Waals surface area contributed by atoms with Gasteiger partial charge in [-0.15, -0.1) is 0 Å². The summed E-state index contributed by atoms with van der Waals surface area (Å²) in [5.41, 5.74) is 7.61. The van der Waals surface area contributed by atoms with Crippen molar-refractivity contribution in [2.45, 2.75) is 38.5 Å². The Balaban J connectivity index is 1.46. The van der Waals surface area contributed by atoms with Crippen LogP contribution in [-0.2, 0) is 20.3 Å². The van der Waals surface area contributed by atoms with E-state index in [1.807, 2.05) is 0 Å². The fourth-order valence-electron chi connectivity index (χ4n) is 7.15. The van der Waals surface area contributed by atoms with Crippen LogP contribution in [0.25, 0.3) is 21.5 Å². The van der Waals surface area contributed by atoms with Gasteiger partial charge in [-0.25, -0.2) is 0 Å². The fourth-order valence-corrected chi connectivity index (χ4v) is 7.15. The van der Waals surface area contributed by atoms with Crippen LogP contribution in [0.4, 0.5) is 11.4 Å². The molecule has 2 aliphatic rings. The van der Waals surface area contributed by atoms with Crippen molar-refractivity contribution in [2.75, 3.05) is 45.4 Å². The van der Waals surface area contributed by atoms with E-state index in [9.17, 15) is 0 Å². The highest BCUT2D eigenvalue weighted by molar-refractivity contribution is 6.07. The molecule has 0 radical (unpaired) electrons. The third kappa shape index (κ3) is 4.41. The molecule has 6 rings (SSSR count). The monoisotopic (exact) mass is 545 g/mol. The largest absolute Gasteiger partial charge is 0.383 e. The molecule has 0 unspecified atom stereocenters. The smallest absolute Gasteiger partial charge is 0.210 e. The Labute approximate surface area is 244 Å². The van der Waals surface area contributed by atoms with Gasteiger partial charge in [0.1, 0.15) is 6.61 Å². The SMILES string of the molecule is COCCN1C(=CC=CC2=[N+](CCOC)c3ccc4ccccc4c3C2(C)C)C(C)(C)c2c1ccc1ccccc21. The van der Waals surface area contributed by atoms with E-state index >= 15 is 0 Å². The molecule has 4 aromatic carbocycles. The van der Waals surface area contributed by atoms with Crippen molar-refractivity contribution in [1.29, 1.82) is 0 Å². The summed E-state index contributed by atoms with van der Waals surface area (Å²) in [7, 11) is 3.56. The number of ether oxygens (including phenoxy) is 2. The maximum atomic E-state index is 5.55. The van der Waals surface area contributed by atoms with E-state index in [1.165, 1.54) is 55.5 Å². The average molecular weight is 546 g/mol. The fraction of sp³-hybridized carbons (Fsp3) is 0.324. The lowest BCUT2D eigenvalue weighted by Crippen LogP contribution is -2.29. The summed E-state index contributed by atoms with van der Waals surface area (Å²) in [6.45, 7) is 12.4. The number of anilines is 1. The molecule has 0 fully saturated rings. The van der Waals surface area contributed by atoms with Crippen molar-refractivity contribution < 1.29 is 14.0 Å². The summed E-state index contributed by atoms with van der Waals surface area (Å²) in [5.74, 6) is 0. The zero-order chi connectivity index (χ0) is 28.8. The summed E-state index contributed by atoms with van der Waals surface area (Å²) in [4.78, 5) is 2.45. The van der Waals surface area contributed by atoms with E-state index in [4.69, 9.17) is 9.47 Å². The van der Waals surface area contributed by atoms with E-state index in [1.54, 1.807) is 14.2 Å². The zero-order valence-electron chi connectivity index (χ0n) is 25.2. The molecule has 0 spiro atoms. The number of methoxy groups -OCH3 is 2. The number of hydrogen-bond acceptors (Lipinski definition) is 3. The maximum absolute atomic E-state index is 5.55. The second-order valence-electron chi connectivity index (χ2n) is 12.2. The molecule has 210 valence electrons. The molecule has 4 nitrogen and oxygen atoms in total. The van der Waals surface area contributed by atoms with Gasteiger partial charge in [-0.3, -0.25) is 0 Å². The quantitative estimate of drug-likeness (QED) is 0.210. The standard InChI is InChI=1S/C37H41N2O2/c1-36(2)32(38(22-24-40-5)30-20-18-26-12-7-9-14-28(26)34(30)36)16-11-17-33-37(3,4)35-29-15-10-8-13-27(29)19-21-31(35)39(33)23-25-41-6/h7-21H,22-25H2,1-6H3/q+1. The number of nitrogens with zero attached hydrogens (tertiary/aromatic N) is 2. The van der Waals surface area contributed by atoms with Gasteiger partial charge in [0.15, 0.2) is 12.3 Å². The molecule has 0 saturated heterocycles. The van der Waals surface area contributed by atoms with Crippen LogP contribution in [0.5, 0.6) is 0 Å². The van der Waals surface area contributed by atoms with Crippen molar-refractivity contribution in [1.82, 2.24) is 0 Å². The molecule has 2 aliphatic heterocycles. The number of allylic oxidation sites excluding steroid dienone is 4. The third-order valence-electron chi connectivity index (χ3n) is 9.05. The van der Waals surface area contributed by atoms with Crippen molar-refractivity contribution in [3.8, 4) is 0 Å². The van der Waals surface area contributed by atoms with Gasteiger partial charge >= 0.3 is 0 Å². The van der Waals surface area contributed by atoms with Crippen LogP contribution in [0.15, 0.2) is 96.7 Å².